The van der Waals surface area contributed by atoms with E-state index in [0.717, 1.165) is 11.3 Å². The van der Waals surface area contributed by atoms with Crippen molar-refractivity contribution in [2.45, 2.75) is 33.1 Å². The molecule has 0 radical (unpaired) electrons. The van der Waals surface area contributed by atoms with E-state index in [1.807, 2.05) is 19.1 Å². The molecule has 22 heavy (non-hydrogen) atoms. The number of hydrogen-bond donors (Lipinski definition) is 4. The van der Waals surface area contributed by atoms with Gasteiger partial charge in [-0.3, -0.25) is 0 Å². The number of benzene rings is 1. The van der Waals surface area contributed by atoms with Crippen LogP contribution < -0.4 is 16.4 Å². The van der Waals surface area contributed by atoms with Gasteiger partial charge in [-0.15, -0.1) is 12.4 Å². The molecule has 0 aliphatic rings. The predicted molar refractivity (Wildman–Crippen MR) is 88.0 cm³/mol. The van der Waals surface area contributed by atoms with Crippen molar-refractivity contribution in [1.29, 1.82) is 0 Å². The molecule has 0 heterocycles. The van der Waals surface area contributed by atoms with Gasteiger partial charge >= 0.3 is 0 Å². The number of hydrogen-bond acceptors (Lipinski definition) is 6. The van der Waals surface area contributed by atoms with E-state index < -0.39 is 0 Å². The van der Waals surface area contributed by atoms with Crippen LogP contribution in [0.5, 0.6) is 5.75 Å². The van der Waals surface area contributed by atoms with Crippen molar-refractivity contribution < 1.29 is 19.9 Å². The fourth-order valence-corrected chi connectivity index (χ4v) is 1.65. The Balaban J connectivity index is 0. The molecule has 0 aliphatic heterocycles. The Hall–Kier alpha value is -1.54. The van der Waals surface area contributed by atoms with Gasteiger partial charge in [0.25, 0.3) is 0 Å². The third-order valence-corrected chi connectivity index (χ3v) is 2.69. The lowest BCUT2D eigenvalue weighted by Crippen LogP contribution is -2.18. The van der Waals surface area contributed by atoms with Gasteiger partial charge in [0, 0.05) is 17.7 Å². The van der Waals surface area contributed by atoms with E-state index in [1.165, 1.54) is 0 Å². The van der Waals surface area contributed by atoms with Crippen molar-refractivity contribution in [2.75, 3.05) is 13.4 Å². The highest BCUT2D eigenvalue weighted by Crippen LogP contribution is 2.32. The molecule has 8 heteroatoms. The molecular formula is C14H26ClN3O4. The van der Waals surface area contributed by atoms with Gasteiger partial charge in [-0.05, 0) is 30.5 Å². The summed E-state index contributed by atoms with van der Waals surface area (Å²) >= 11 is 0. The Labute approximate surface area is 137 Å². The number of amidine groups is 1. The molecule has 7 nitrogen and oxygen atoms in total. The van der Waals surface area contributed by atoms with Crippen molar-refractivity contribution in [3.05, 3.63) is 29.3 Å². The number of ether oxygens (including phenoxy) is 2. The molecule has 0 fully saturated rings. The quantitative estimate of drug-likeness (QED) is 0.163. The van der Waals surface area contributed by atoms with Gasteiger partial charge in [-0.1, -0.05) is 25.9 Å². The van der Waals surface area contributed by atoms with Gasteiger partial charge in [0.15, 0.2) is 12.6 Å². The molecule has 0 aromatic heterocycles. The van der Waals surface area contributed by atoms with Gasteiger partial charge in [-0.25, -0.2) is 5.90 Å². The summed E-state index contributed by atoms with van der Waals surface area (Å²) < 4.78 is 10.8. The summed E-state index contributed by atoms with van der Waals surface area (Å²) in [4.78, 5) is 0. The van der Waals surface area contributed by atoms with Crippen molar-refractivity contribution >= 4 is 18.2 Å². The Morgan fingerprint density at radius 2 is 1.86 bits per heavy atom. The van der Waals surface area contributed by atoms with E-state index in [1.54, 1.807) is 6.07 Å². The van der Waals surface area contributed by atoms with E-state index in [4.69, 9.17) is 25.6 Å². The normalized spacial score (nSPS) is 11.1. The summed E-state index contributed by atoms with van der Waals surface area (Å²) in [5.41, 5.74) is 7.14. The van der Waals surface area contributed by atoms with Crippen LogP contribution >= 0.6 is 12.4 Å². The summed E-state index contributed by atoms with van der Waals surface area (Å²) in [7, 11) is 0. The smallest absolute Gasteiger partial charge is 0.189 e. The van der Waals surface area contributed by atoms with Crippen LogP contribution in [0.4, 0.5) is 0 Å². The second-order valence-corrected chi connectivity index (χ2v) is 5.20. The zero-order chi connectivity index (χ0) is 16.5. The number of nitrogens with zero attached hydrogens (tertiary/aromatic N) is 1. The molecule has 0 atom stereocenters. The van der Waals surface area contributed by atoms with Crippen LogP contribution in [0.15, 0.2) is 23.4 Å². The first-order chi connectivity index (χ1) is 9.90. The van der Waals surface area contributed by atoms with Crippen molar-refractivity contribution in [1.82, 2.24) is 0 Å². The van der Waals surface area contributed by atoms with Gasteiger partial charge in [0.05, 0.1) is 0 Å². The lowest BCUT2D eigenvalue weighted by Gasteiger charge is -2.23. The van der Waals surface area contributed by atoms with Crippen molar-refractivity contribution in [3.63, 3.8) is 0 Å². The largest absolute Gasteiger partial charge is 0.467 e. The van der Waals surface area contributed by atoms with E-state index in [0.29, 0.717) is 12.2 Å². The molecule has 1 rings (SSSR count). The molecular weight excluding hydrogens is 310 g/mol. The average molecular weight is 336 g/mol. The maximum Gasteiger partial charge on any atom is 0.189 e. The van der Waals surface area contributed by atoms with Crippen LogP contribution in [-0.2, 0) is 10.2 Å². The van der Waals surface area contributed by atoms with E-state index in [2.05, 4.69) is 31.8 Å². The van der Waals surface area contributed by atoms with Crippen molar-refractivity contribution in [3.8, 4) is 5.75 Å². The number of halogens is 1. The maximum atomic E-state index is 8.74. The Morgan fingerprint density at radius 1 is 1.27 bits per heavy atom. The Bertz CT molecular complexity index is 462. The van der Waals surface area contributed by atoms with Crippen LogP contribution in [0.2, 0.25) is 0 Å². The van der Waals surface area contributed by atoms with Crippen molar-refractivity contribution in [2.24, 2.45) is 16.8 Å². The third-order valence-electron chi connectivity index (χ3n) is 2.69. The molecule has 1 aromatic carbocycles. The monoisotopic (exact) mass is 335 g/mol. The van der Waals surface area contributed by atoms with Crippen LogP contribution in [0.25, 0.3) is 0 Å². The van der Waals surface area contributed by atoms with Gasteiger partial charge < -0.3 is 25.6 Å². The van der Waals surface area contributed by atoms with E-state index in [-0.39, 0.29) is 30.5 Å². The lowest BCUT2D eigenvalue weighted by atomic mass is 9.85. The number of oxime groups is 1. The topological polar surface area (TPSA) is 123 Å². The first-order valence-electron chi connectivity index (χ1n) is 6.49. The second-order valence-electron chi connectivity index (χ2n) is 5.20. The highest BCUT2D eigenvalue weighted by molar-refractivity contribution is 5.97. The first kappa shape index (κ1) is 22.7. The van der Waals surface area contributed by atoms with E-state index >= 15 is 0 Å². The number of nitrogens with two attached hydrogens (primary N) is 2. The number of rotatable bonds is 5. The molecule has 0 saturated carbocycles. The molecule has 0 spiro atoms. The summed E-state index contributed by atoms with van der Waals surface area (Å²) in [5.74, 6) is 4.33. The zero-order valence-electron chi connectivity index (χ0n) is 13.4. The molecule has 0 unspecified atom stereocenters. The minimum atomic E-state index is -0.118. The highest BCUT2D eigenvalue weighted by atomic mass is 35.5. The lowest BCUT2D eigenvalue weighted by molar-refractivity contribution is 0.0214. The maximum absolute atomic E-state index is 8.74. The van der Waals surface area contributed by atoms with Gasteiger partial charge in [0.1, 0.15) is 5.75 Å². The van der Waals surface area contributed by atoms with Crippen LogP contribution in [0.1, 0.15) is 38.8 Å². The fraction of sp³-hybridized carbons (Fsp3) is 0.500. The zero-order valence-corrected chi connectivity index (χ0v) is 14.2. The minimum Gasteiger partial charge on any atom is -0.467 e. The molecule has 0 aliphatic carbocycles. The summed E-state index contributed by atoms with van der Waals surface area (Å²) in [6.07, 6.45) is 0. The molecule has 6 N–H and O–H groups in total. The fourth-order valence-electron chi connectivity index (χ4n) is 1.65. The highest BCUT2D eigenvalue weighted by Gasteiger charge is 2.20. The first-order valence-corrected chi connectivity index (χ1v) is 6.49. The van der Waals surface area contributed by atoms with Crippen LogP contribution in [0, 0.1) is 0 Å². The molecule has 0 amide bonds. The van der Waals surface area contributed by atoms with Crippen LogP contribution in [-0.4, -0.2) is 29.6 Å². The standard InChI is InChI=1S/C14H22N2O3.ClH.H3NO/c1-5-18-9-19-12-7-6-10(13(15)16-17)8-11(12)14(2,3)4;;1-2/h6-8,17H,5,9H2,1-4H3,(H2,15,16);1H;2H,1H2. The Kier molecular flexibility index (Phi) is 11.5. The van der Waals surface area contributed by atoms with Crippen LogP contribution in [0.3, 0.4) is 0 Å². The van der Waals surface area contributed by atoms with E-state index in [9.17, 15) is 0 Å². The second kappa shape index (κ2) is 11.1. The van der Waals surface area contributed by atoms with Gasteiger partial charge in [-0.2, -0.15) is 0 Å². The Morgan fingerprint density at radius 3 is 2.32 bits per heavy atom. The summed E-state index contributed by atoms with van der Waals surface area (Å²) in [6, 6.07) is 5.44. The van der Waals surface area contributed by atoms with Gasteiger partial charge in [0.2, 0.25) is 0 Å². The molecule has 1 aromatic rings. The molecule has 0 saturated heterocycles. The average Bonchev–Trinajstić information content (AvgIpc) is 2.48. The predicted octanol–water partition coefficient (Wildman–Crippen LogP) is 2.21. The SMILES string of the molecule is CCOCOc1ccc(C(N)=NO)cc1C(C)(C)C.Cl.NO. The summed E-state index contributed by atoms with van der Waals surface area (Å²) in [5, 5.41) is 18.3. The third kappa shape index (κ3) is 6.95. The molecule has 0 bridgehead atoms. The summed E-state index contributed by atoms with van der Waals surface area (Å²) in [6.45, 7) is 8.95. The molecule has 128 valence electrons. The minimum absolute atomic E-state index is 0.